The topological polar surface area (TPSA) is 46.2 Å². The van der Waals surface area contributed by atoms with Crippen LogP contribution in [-0.2, 0) is 0 Å². The zero-order valence-corrected chi connectivity index (χ0v) is 9.88. The molecule has 0 bridgehead atoms. The van der Waals surface area contributed by atoms with Gasteiger partial charge in [-0.25, -0.2) is 0 Å². The summed E-state index contributed by atoms with van der Waals surface area (Å²) in [6, 6.07) is 3.67. The van der Waals surface area contributed by atoms with Crippen molar-refractivity contribution in [3.63, 3.8) is 0 Å². The molecule has 84 valence electrons. The summed E-state index contributed by atoms with van der Waals surface area (Å²) >= 11 is 0. The molecular weight excluding hydrogens is 186 g/mol. The molecule has 0 fully saturated rings. The number of hydrogen-bond acceptors (Lipinski definition) is 2. The summed E-state index contributed by atoms with van der Waals surface area (Å²) in [7, 11) is 0. The number of phenolic OH excluding ortho intramolecular Hbond substituents is 1. The highest BCUT2D eigenvalue weighted by molar-refractivity contribution is 5.42. The van der Waals surface area contributed by atoms with Crippen molar-refractivity contribution in [3.8, 4) is 5.75 Å². The Balaban J connectivity index is 2.92. The fourth-order valence-corrected chi connectivity index (χ4v) is 2.30. The Bertz CT molecular complexity index is 310. The summed E-state index contributed by atoms with van der Waals surface area (Å²) in [6.07, 6.45) is 2.17. The lowest BCUT2D eigenvalue weighted by Gasteiger charge is -2.17. The van der Waals surface area contributed by atoms with Gasteiger partial charge in [0.25, 0.3) is 0 Å². The van der Waals surface area contributed by atoms with Crippen LogP contribution in [0.5, 0.6) is 5.75 Å². The van der Waals surface area contributed by atoms with Gasteiger partial charge in [-0.15, -0.1) is 0 Å². The monoisotopic (exact) mass is 207 g/mol. The average Bonchev–Trinajstić information content (AvgIpc) is 2.12. The first-order valence-corrected chi connectivity index (χ1v) is 5.56. The first kappa shape index (κ1) is 12.1. The largest absolute Gasteiger partial charge is 0.508 e. The van der Waals surface area contributed by atoms with Crippen molar-refractivity contribution in [1.82, 2.24) is 0 Å². The van der Waals surface area contributed by atoms with E-state index in [4.69, 9.17) is 5.73 Å². The Hall–Kier alpha value is -1.02. The van der Waals surface area contributed by atoms with Gasteiger partial charge in [0.15, 0.2) is 0 Å². The molecule has 0 saturated heterocycles. The maximum Gasteiger partial charge on any atom is 0.116 e. The summed E-state index contributed by atoms with van der Waals surface area (Å²) in [6.45, 7) is 7.09. The second-order valence-corrected chi connectivity index (χ2v) is 4.33. The molecule has 3 N–H and O–H groups in total. The van der Waals surface area contributed by atoms with Crippen molar-refractivity contribution >= 4 is 0 Å². The quantitative estimate of drug-likeness (QED) is 0.797. The third-order valence-corrected chi connectivity index (χ3v) is 2.91. The number of aromatic hydroxyl groups is 1. The van der Waals surface area contributed by atoms with Crippen molar-refractivity contribution in [2.24, 2.45) is 5.73 Å². The van der Waals surface area contributed by atoms with Crippen LogP contribution in [0.25, 0.3) is 0 Å². The lowest BCUT2D eigenvalue weighted by Crippen LogP contribution is -2.04. The van der Waals surface area contributed by atoms with Crippen LogP contribution in [0.2, 0.25) is 0 Å². The van der Waals surface area contributed by atoms with E-state index >= 15 is 0 Å². The highest BCUT2D eigenvalue weighted by Crippen LogP contribution is 2.29. The third kappa shape index (κ3) is 2.96. The van der Waals surface area contributed by atoms with Gasteiger partial charge in [0.05, 0.1) is 0 Å². The third-order valence-electron chi connectivity index (χ3n) is 2.91. The van der Waals surface area contributed by atoms with E-state index in [9.17, 15) is 5.11 Å². The van der Waals surface area contributed by atoms with Crippen LogP contribution >= 0.6 is 0 Å². The van der Waals surface area contributed by atoms with Crippen LogP contribution in [0.15, 0.2) is 12.1 Å². The van der Waals surface area contributed by atoms with E-state index < -0.39 is 0 Å². The summed E-state index contributed by atoms with van der Waals surface area (Å²) in [5.41, 5.74) is 9.23. The molecule has 0 heterocycles. The highest BCUT2D eigenvalue weighted by atomic mass is 16.3. The first-order chi connectivity index (χ1) is 7.06. The van der Waals surface area contributed by atoms with Crippen LogP contribution in [0.1, 0.15) is 42.4 Å². The Morgan fingerprint density at radius 3 is 2.27 bits per heavy atom. The molecule has 2 nitrogen and oxygen atoms in total. The molecule has 0 radical (unpaired) electrons. The molecule has 1 aromatic carbocycles. The van der Waals surface area contributed by atoms with Gasteiger partial charge in [0.1, 0.15) is 5.75 Å². The Labute approximate surface area is 92.1 Å². The van der Waals surface area contributed by atoms with Crippen molar-refractivity contribution in [1.29, 1.82) is 0 Å². The van der Waals surface area contributed by atoms with Gasteiger partial charge in [-0.2, -0.15) is 0 Å². The summed E-state index contributed by atoms with van der Waals surface area (Å²) < 4.78 is 0. The molecule has 0 aliphatic heterocycles. The minimum Gasteiger partial charge on any atom is -0.508 e. The molecule has 2 heteroatoms. The maximum absolute atomic E-state index is 9.46. The van der Waals surface area contributed by atoms with Gasteiger partial charge < -0.3 is 10.8 Å². The zero-order valence-electron chi connectivity index (χ0n) is 9.88. The second kappa shape index (κ2) is 5.17. The lowest BCUT2D eigenvalue weighted by molar-refractivity contribution is 0.473. The number of phenols is 1. The minimum absolute atomic E-state index is 0.361. The Morgan fingerprint density at radius 1 is 1.27 bits per heavy atom. The number of aryl methyl sites for hydroxylation is 2. The van der Waals surface area contributed by atoms with E-state index in [0.29, 0.717) is 11.7 Å². The molecular formula is C13H21NO. The summed E-state index contributed by atoms with van der Waals surface area (Å²) in [5, 5.41) is 9.46. The first-order valence-electron chi connectivity index (χ1n) is 5.56. The van der Waals surface area contributed by atoms with E-state index in [1.165, 1.54) is 16.7 Å². The van der Waals surface area contributed by atoms with Gasteiger partial charge in [0.2, 0.25) is 0 Å². The number of nitrogens with two attached hydrogens (primary N) is 1. The normalized spacial score (nSPS) is 12.8. The van der Waals surface area contributed by atoms with Crippen LogP contribution < -0.4 is 5.73 Å². The van der Waals surface area contributed by atoms with Crippen molar-refractivity contribution in [2.75, 3.05) is 6.54 Å². The number of rotatable bonds is 4. The molecule has 1 unspecified atom stereocenters. The van der Waals surface area contributed by atoms with Gasteiger partial charge in [-0.05, 0) is 68.0 Å². The van der Waals surface area contributed by atoms with Crippen LogP contribution in [0.4, 0.5) is 0 Å². The van der Waals surface area contributed by atoms with Crippen LogP contribution in [0.3, 0.4) is 0 Å². The molecule has 1 atom stereocenters. The van der Waals surface area contributed by atoms with Gasteiger partial charge in [0, 0.05) is 0 Å². The van der Waals surface area contributed by atoms with Gasteiger partial charge >= 0.3 is 0 Å². The van der Waals surface area contributed by atoms with E-state index in [-0.39, 0.29) is 0 Å². The number of hydrogen-bond donors (Lipinski definition) is 2. The Morgan fingerprint density at radius 2 is 1.80 bits per heavy atom. The zero-order chi connectivity index (χ0) is 11.4. The standard InChI is InChI=1S/C13H21NO/c1-9(5-4-6-14)13-10(2)7-12(15)8-11(13)3/h7-9,15H,4-6,14H2,1-3H3. The number of benzene rings is 1. The molecule has 0 spiro atoms. The second-order valence-electron chi connectivity index (χ2n) is 4.33. The smallest absolute Gasteiger partial charge is 0.116 e. The molecule has 0 aliphatic carbocycles. The summed E-state index contributed by atoms with van der Waals surface area (Å²) in [4.78, 5) is 0. The molecule has 0 amide bonds. The maximum atomic E-state index is 9.46. The SMILES string of the molecule is Cc1cc(O)cc(C)c1C(C)CCCN. The molecule has 1 rings (SSSR count). The van der Waals surface area contributed by atoms with Gasteiger partial charge in [-0.3, -0.25) is 0 Å². The fraction of sp³-hybridized carbons (Fsp3) is 0.538. The van der Waals surface area contributed by atoms with E-state index in [0.717, 1.165) is 19.4 Å². The molecule has 1 aromatic rings. The van der Waals surface area contributed by atoms with Crippen molar-refractivity contribution < 1.29 is 5.11 Å². The van der Waals surface area contributed by atoms with Crippen molar-refractivity contribution in [3.05, 3.63) is 28.8 Å². The Kier molecular flexibility index (Phi) is 4.15. The molecule has 0 aromatic heterocycles. The van der Waals surface area contributed by atoms with E-state index in [2.05, 4.69) is 20.8 Å². The minimum atomic E-state index is 0.361. The van der Waals surface area contributed by atoms with E-state index in [1.807, 2.05) is 12.1 Å². The lowest BCUT2D eigenvalue weighted by atomic mass is 9.89. The predicted octanol–water partition coefficient (Wildman–Crippen LogP) is 2.85. The van der Waals surface area contributed by atoms with Crippen LogP contribution in [-0.4, -0.2) is 11.7 Å². The van der Waals surface area contributed by atoms with E-state index in [1.54, 1.807) is 0 Å². The summed E-state index contributed by atoms with van der Waals surface area (Å²) in [5.74, 6) is 0.883. The molecule has 15 heavy (non-hydrogen) atoms. The molecule has 0 aliphatic rings. The fourth-order valence-electron chi connectivity index (χ4n) is 2.30. The molecule has 0 saturated carbocycles. The predicted molar refractivity (Wildman–Crippen MR) is 64.3 cm³/mol. The van der Waals surface area contributed by atoms with Crippen molar-refractivity contribution in [2.45, 2.75) is 39.5 Å². The average molecular weight is 207 g/mol. The van der Waals surface area contributed by atoms with Crippen LogP contribution in [0, 0.1) is 13.8 Å². The van der Waals surface area contributed by atoms with Gasteiger partial charge in [-0.1, -0.05) is 6.92 Å². The highest BCUT2D eigenvalue weighted by Gasteiger charge is 2.11.